The maximum Gasteiger partial charge on any atom is 0.115 e. The Morgan fingerprint density at radius 3 is 2.95 bits per heavy atom. The first kappa shape index (κ1) is 14.9. The maximum absolute atomic E-state index is 9.69. The Bertz CT molecular complexity index is 488. The van der Waals surface area contributed by atoms with Gasteiger partial charge in [-0.15, -0.1) is 0 Å². The average molecular weight is 288 g/mol. The summed E-state index contributed by atoms with van der Waals surface area (Å²) in [6, 6.07) is 7.19. The molecule has 1 heterocycles. The number of rotatable bonds is 4. The van der Waals surface area contributed by atoms with Crippen LogP contribution in [0.5, 0.6) is 5.75 Å². The largest absolute Gasteiger partial charge is 0.508 e. The molecule has 3 rings (SSSR count). The summed E-state index contributed by atoms with van der Waals surface area (Å²) in [7, 11) is 2.28. The summed E-state index contributed by atoms with van der Waals surface area (Å²) < 4.78 is 0. The van der Waals surface area contributed by atoms with Gasteiger partial charge in [0.2, 0.25) is 0 Å². The lowest BCUT2D eigenvalue weighted by molar-refractivity contribution is 0.153. The van der Waals surface area contributed by atoms with E-state index in [1.54, 1.807) is 0 Å². The second-order valence-electron chi connectivity index (χ2n) is 6.66. The summed E-state index contributed by atoms with van der Waals surface area (Å²) in [4.78, 5) is 5.17. The van der Waals surface area contributed by atoms with E-state index in [9.17, 15) is 5.11 Å². The Balaban J connectivity index is 1.72. The summed E-state index contributed by atoms with van der Waals surface area (Å²) >= 11 is 0. The molecule has 2 atom stereocenters. The molecule has 1 N–H and O–H groups in total. The van der Waals surface area contributed by atoms with Gasteiger partial charge in [-0.2, -0.15) is 0 Å². The van der Waals surface area contributed by atoms with E-state index < -0.39 is 0 Å². The molecule has 2 aliphatic rings. The Morgan fingerprint density at radius 2 is 2.14 bits per heavy atom. The molecular weight excluding hydrogens is 260 g/mol. The number of hydrogen-bond donors (Lipinski definition) is 1. The molecule has 0 radical (unpaired) electrons. The van der Waals surface area contributed by atoms with Crippen LogP contribution in [0.4, 0.5) is 0 Å². The van der Waals surface area contributed by atoms with Crippen molar-refractivity contribution in [1.29, 1.82) is 0 Å². The van der Waals surface area contributed by atoms with Crippen molar-refractivity contribution in [3.05, 3.63) is 29.3 Å². The standard InChI is InChI=1S/C18H28N2O/c1-3-20-11-5-7-15(20)13-19(2)18-8-4-6-14-12-16(21)9-10-17(14)18/h9-10,12,15,18,21H,3-8,11,13H2,1-2H3. The second-order valence-corrected chi connectivity index (χ2v) is 6.66. The fourth-order valence-corrected chi connectivity index (χ4v) is 4.21. The first-order valence-electron chi connectivity index (χ1n) is 8.45. The highest BCUT2D eigenvalue weighted by atomic mass is 16.3. The number of aryl methyl sites for hydroxylation is 1. The predicted molar refractivity (Wildman–Crippen MR) is 86.7 cm³/mol. The molecule has 0 amide bonds. The molecule has 3 heteroatoms. The van der Waals surface area contributed by atoms with E-state index in [-0.39, 0.29) is 0 Å². The zero-order chi connectivity index (χ0) is 14.8. The van der Waals surface area contributed by atoms with E-state index in [4.69, 9.17) is 0 Å². The highest BCUT2D eigenvalue weighted by Crippen LogP contribution is 2.35. The molecule has 21 heavy (non-hydrogen) atoms. The van der Waals surface area contributed by atoms with E-state index in [2.05, 4.69) is 29.8 Å². The number of likely N-dealkylation sites (tertiary alicyclic amines) is 1. The highest BCUT2D eigenvalue weighted by Gasteiger charge is 2.29. The topological polar surface area (TPSA) is 26.7 Å². The van der Waals surface area contributed by atoms with Crippen LogP contribution in [0.15, 0.2) is 18.2 Å². The first-order chi connectivity index (χ1) is 10.2. The lowest BCUT2D eigenvalue weighted by Gasteiger charge is -2.36. The average Bonchev–Trinajstić information content (AvgIpc) is 2.93. The molecule has 1 aromatic rings. The van der Waals surface area contributed by atoms with E-state index in [1.165, 1.54) is 56.4 Å². The van der Waals surface area contributed by atoms with Crippen molar-refractivity contribution >= 4 is 0 Å². The van der Waals surface area contributed by atoms with Crippen molar-refractivity contribution in [3.63, 3.8) is 0 Å². The molecule has 3 nitrogen and oxygen atoms in total. The number of likely N-dealkylation sites (N-methyl/N-ethyl adjacent to an activating group) is 2. The van der Waals surface area contributed by atoms with Crippen molar-refractivity contribution in [2.24, 2.45) is 0 Å². The zero-order valence-corrected chi connectivity index (χ0v) is 13.4. The number of phenolic OH excluding ortho intramolecular Hbond substituents is 1. The Morgan fingerprint density at radius 1 is 1.29 bits per heavy atom. The van der Waals surface area contributed by atoms with E-state index in [0.29, 0.717) is 11.8 Å². The van der Waals surface area contributed by atoms with Crippen molar-refractivity contribution in [2.75, 3.05) is 26.7 Å². The number of fused-ring (bicyclic) bond motifs is 1. The van der Waals surface area contributed by atoms with Crippen molar-refractivity contribution in [3.8, 4) is 5.75 Å². The van der Waals surface area contributed by atoms with Crippen LogP contribution < -0.4 is 0 Å². The van der Waals surface area contributed by atoms with Crippen LogP contribution in [0.25, 0.3) is 0 Å². The number of aromatic hydroxyl groups is 1. The Hall–Kier alpha value is -1.06. The van der Waals surface area contributed by atoms with E-state index in [1.807, 2.05) is 12.1 Å². The molecule has 1 fully saturated rings. The summed E-state index contributed by atoms with van der Waals surface area (Å²) in [5.41, 5.74) is 2.78. The van der Waals surface area contributed by atoms with Gasteiger partial charge in [0.25, 0.3) is 0 Å². The molecule has 0 spiro atoms. The lowest BCUT2D eigenvalue weighted by Crippen LogP contribution is -2.40. The molecule has 2 unspecified atom stereocenters. The van der Waals surface area contributed by atoms with Gasteiger partial charge in [-0.25, -0.2) is 0 Å². The SMILES string of the molecule is CCN1CCCC1CN(C)C1CCCc2cc(O)ccc21. The molecule has 116 valence electrons. The molecular formula is C18H28N2O. The van der Waals surface area contributed by atoms with Gasteiger partial charge in [-0.1, -0.05) is 13.0 Å². The van der Waals surface area contributed by atoms with Crippen LogP contribution in [-0.4, -0.2) is 47.6 Å². The smallest absolute Gasteiger partial charge is 0.115 e. The molecule has 1 saturated heterocycles. The molecule has 0 bridgehead atoms. The normalized spacial score (nSPS) is 26.2. The number of phenols is 1. The van der Waals surface area contributed by atoms with Gasteiger partial charge in [0.05, 0.1) is 0 Å². The minimum atomic E-state index is 0.407. The summed E-state index contributed by atoms with van der Waals surface area (Å²) in [5.74, 6) is 0.407. The third-order valence-corrected chi connectivity index (χ3v) is 5.35. The Kier molecular flexibility index (Phi) is 4.51. The zero-order valence-electron chi connectivity index (χ0n) is 13.4. The minimum Gasteiger partial charge on any atom is -0.508 e. The van der Waals surface area contributed by atoms with Crippen molar-refractivity contribution in [1.82, 2.24) is 9.80 Å². The predicted octanol–water partition coefficient (Wildman–Crippen LogP) is 3.19. The quantitative estimate of drug-likeness (QED) is 0.922. The molecule has 1 aliphatic heterocycles. The van der Waals surface area contributed by atoms with E-state index in [0.717, 1.165) is 12.5 Å². The lowest BCUT2D eigenvalue weighted by atomic mass is 9.86. The van der Waals surface area contributed by atoms with Crippen LogP contribution in [0.1, 0.15) is 49.8 Å². The number of hydrogen-bond acceptors (Lipinski definition) is 3. The van der Waals surface area contributed by atoms with Gasteiger partial charge < -0.3 is 5.11 Å². The van der Waals surface area contributed by atoms with Crippen molar-refractivity contribution in [2.45, 2.75) is 51.1 Å². The molecule has 0 saturated carbocycles. The van der Waals surface area contributed by atoms with Crippen LogP contribution in [0.2, 0.25) is 0 Å². The van der Waals surface area contributed by atoms with Gasteiger partial charge in [0.15, 0.2) is 0 Å². The van der Waals surface area contributed by atoms with E-state index >= 15 is 0 Å². The Labute approximate surface area is 128 Å². The number of benzene rings is 1. The first-order valence-corrected chi connectivity index (χ1v) is 8.45. The third-order valence-electron chi connectivity index (χ3n) is 5.35. The monoisotopic (exact) mass is 288 g/mol. The van der Waals surface area contributed by atoms with Gasteiger partial charge in [0.1, 0.15) is 5.75 Å². The third kappa shape index (κ3) is 3.09. The molecule has 0 aromatic heterocycles. The van der Waals surface area contributed by atoms with Gasteiger partial charge >= 0.3 is 0 Å². The molecule has 1 aliphatic carbocycles. The van der Waals surface area contributed by atoms with Gasteiger partial charge in [-0.05, 0) is 75.5 Å². The number of nitrogens with zero attached hydrogens (tertiary/aromatic N) is 2. The van der Waals surface area contributed by atoms with Crippen molar-refractivity contribution < 1.29 is 5.11 Å². The summed E-state index contributed by atoms with van der Waals surface area (Å²) in [5, 5.41) is 9.69. The van der Waals surface area contributed by atoms with Crippen LogP contribution in [-0.2, 0) is 6.42 Å². The summed E-state index contributed by atoms with van der Waals surface area (Å²) in [6.45, 7) is 5.88. The van der Waals surface area contributed by atoms with Crippen LogP contribution >= 0.6 is 0 Å². The fourth-order valence-electron chi connectivity index (χ4n) is 4.21. The molecule has 1 aromatic carbocycles. The highest BCUT2D eigenvalue weighted by molar-refractivity contribution is 5.38. The van der Waals surface area contributed by atoms with Gasteiger partial charge in [0, 0.05) is 18.6 Å². The fraction of sp³-hybridized carbons (Fsp3) is 0.667. The second kappa shape index (κ2) is 6.37. The maximum atomic E-state index is 9.69. The van der Waals surface area contributed by atoms with Crippen LogP contribution in [0, 0.1) is 0 Å². The summed E-state index contributed by atoms with van der Waals surface area (Å²) in [6.07, 6.45) is 6.27. The van der Waals surface area contributed by atoms with Gasteiger partial charge in [-0.3, -0.25) is 9.80 Å². The van der Waals surface area contributed by atoms with Crippen LogP contribution in [0.3, 0.4) is 0 Å². The minimum absolute atomic E-state index is 0.407.